The number of likely N-dealkylation sites (N-methyl/N-ethyl adjacent to an activating group) is 1. The molecule has 0 spiro atoms. The summed E-state index contributed by atoms with van der Waals surface area (Å²) in [5, 5.41) is 13.9. The Labute approximate surface area is 474 Å². The number of hydrogen-bond donors (Lipinski definition) is 2. The Balaban J connectivity index is 3.98. The second kappa shape index (κ2) is 58.6. The summed E-state index contributed by atoms with van der Waals surface area (Å²) in [4.78, 5) is 25.6. The molecule has 0 bridgehead atoms. The quantitative estimate of drug-likeness (QED) is 0.0272. The molecule has 8 nitrogen and oxygen atoms in total. The molecule has 0 rings (SSSR count). The molecule has 0 aromatic heterocycles. The molecular formula is C67H133N2O6P. The maximum atomic E-state index is 13.0. The zero-order valence-electron chi connectivity index (χ0n) is 51.7. The average Bonchev–Trinajstić information content (AvgIpc) is 3.38. The molecule has 2 N–H and O–H groups in total. The van der Waals surface area contributed by atoms with Crippen LogP contribution in [0.5, 0.6) is 0 Å². The number of nitrogens with zero attached hydrogens (tertiary/aromatic N) is 1. The van der Waals surface area contributed by atoms with Crippen molar-refractivity contribution in [3.05, 3.63) is 24.3 Å². The molecule has 0 aliphatic carbocycles. The lowest BCUT2D eigenvalue weighted by Crippen LogP contribution is -2.45. The Morgan fingerprint density at radius 3 is 1.03 bits per heavy atom. The summed E-state index contributed by atoms with van der Waals surface area (Å²) in [6.45, 7) is 4.71. The van der Waals surface area contributed by atoms with Crippen LogP contribution in [0.2, 0.25) is 0 Å². The lowest BCUT2D eigenvalue weighted by Gasteiger charge is -2.29. The van der Waals surface area contributed by atoms with Gasteiger partial charge in [-0.05, 0) is 44.9 Å². The minimum atomic E-state index is -4.60. The van der Waals surface area contributed by atoms with E-state index in [2.05, 4.69) is 31.3 Å². The number of aliphatic hydroxyl groups is 1. The van der Waals surface area contributed by atoms with Gasteiger partial charge in [-0.15, -0.1) is 0 Å². The first-order valence-corrected chi connectivity index (χ1v) is 35.2. The van der Waals surface area contributed by atoms with E-state index in [0.717, 1.165) is 38.5 Å². The normalized spacial score (nSPS) is 13.8. The third-order valence-electron chi connectivity index (χ3n) is 15.7. The number of phosphoric acid groups is 1. The van der Waals surface area contributed by atoms with Crippen molar-refractivity contribution in [3.8, 4) is 0 Å². The van der Waals surface area contributed by atoms with E-state index < -0.39 is 20.0 Å². The molecule has 0 aromatic carbocycles. The summed E-state index contributed by atoms with van der Waals surface area (Å²) in [6.07, 6.45) is 75.8. The molecule has 3 atom stereocenters. The number of unbranched alkanes of at least 4 members (excludes halogenated alkanes) is 48. The van der Waals surface area contributed by atoms with Gasteiger partial charge in [0.1, 0.15) is 13.2 Å². The van der Waals surface area contributed by atoms with E-state index >= 15 is 0 Å². The molecule has 452 valence electrons. The highest BCUT2D eigenvalue weighted by Crippen LogP contribution is 2.38. The topological polar surface area (TPSA) is 108 Å². The molecule has 0 heterocycles. The lowest BCUT2D eigenvalue weighted by atomic mass is 10.0. The second-order valence-electron chi connectivity index (χ2n) is 24.5. The van der Waals surface area contributed by atoms with Gasteiger partial charge in [-0.2, -0.15) is 0 Å². The number of amides is 1. The van der Waals surface area contributed by atoms with Gasteiger partial charge in [0, 0.05) is 6.42 Å². The van der Waals surface area contributed by atoms with Crippen LogP contribution in [-0.2, 0) is 18.4 Å². The molecule has 1 amide bonds. The number of carbonyl (C=O) groups excluding carboxylic acids is 1. The first-order chi connectivity index (χ1) is 37.0. The van der Waals surface area contributed by atoms with Crippen LogP contribution >= 0.6 is 7.82 Å². The maximum absolute atomic E-state index is 13.0. The highest BCUT2D eigenvalue weighted by atomic mass is 31.2. The lowest BCUT2D eigenvalue weighted by molar-refractivity contribution is -0.870. The molecule has 0 aromatic rings. The summed E-state index contributed by atoms with van der Waals surface area (Å²) in [5.74, 6) is -0.190. The minimum absolute atomic E-state index is 0.00161. The van der Waals surface area contributed by atoms with Gasteiger partial charge in [-0.25, -0.2) is 0 Å². The molecular weight excluding hydrogens is 960 g/mol. The van der Waals surface area contributed by atoms with Crippen molar-refractivity contribution >= 4 is 13.7 Å². The Hall–Kier alpha value is -1.02. The molecule has 0 radical (unpaired) electrons. The predicted molar refractivity (Wildman–Crippen MR) is 330 cm³/mol. The number of carbonyl (C=O) groups is 1. The summed E-state index contributed by atoms with van der Waals surface area (Å²) in [7, 11) is 1.28. The zero-order chi connectivity index (χ0) is 55.6. The molecule has 76 heavy (non-hydrogen) atoms. The van der Waals surface area contributed by atoms with Crippen molar-refractivity contribution in [1.82, 2.24) is 5.32 Å². The molecule has 0 saturated carbocycles. The molecule has 0 fully saturated rings. The summed E-state index contributed by atoms with van der Waals surface area (Å²) in [6, 6.07) is -0.885. The minimum Gasteiger partial charge on any atom is -0.756 e. The highest BCUT2D eigenvalue weighted by Gasteiger charge is 2.23. The number of allylic oxidation sites excluding steroid dienone is 3. The van der Waals surface area contributed by atoms with Crippen LogP contribution in [-0.4, -0.2) is 68.5 Å². The standard InChI is InChI=1S/C67H133N2O6P/c1-6-8-10-12-14-16-18-20-22-24-26-27-28-29-30-31-32-33-34-35-36-37-38-39-40-41-43-45-47-49-51-53-55-57-59-61-67(71)68-65(64-75-76(72,73)74-63-62-69(3,4)5)66(70)60-58-56-54-52-50-48-46-44-42-25-23-21-19-17-15-13-11-9-7-2/h31-32,58,60,65-66,70H,6-30,33-57,59,61-64H2,1-5H3,(H-,68,71,72,73)/b32-31-,60-58+. The Kier molecular flexibility index (Phi) is 57.8. The number of nitrogens with one attached hydrogen (secondary N) is 1. The van der Waals surface area contributed by atoms with Gasteiger partial charge in [0.15, 0.2) is 0 Å². The fraction of sp³-hybridized carbons (Fsp3) is 0.925. The van der Waals surface area contributed by atoms with Gasteiger partial charge in [-0.1, -0.05) is 321 Å². The van der Waals surface area contributed by atoms with Gasteiger partial charge in [0.25, 0.3) is 7.82 Å². The molecule has 9 heteroatoms. The Bertz CT molecular complexity index is 1290. The predicted octanol–water partition coefficient (Wildman–Crippen LogP) is 20.5. The molecule has 0 saturated heterocycles. The number of hydrogen-bond acceptors (Lipinski definition) is 6. The highest BCUT2D eigenvalue weighted by molar-refractivity contribution is 7.45. The number of quaternary nitrogens is 1. The largest absolute Gasteiger partial charge is 0.756 e. The Morgan fingerprint density at radius 2 is 0.724 bits per heavy atom. The Morgan fingerprint density at radius 1 is 0.447 bits per heavy atom. The number of phosphoric ester groups is 1. The average molecular weight is 1090 g/mol. The van der Waals surface area contributed by atoms with Crippen LogP contribution in [0.3, 0.4) is 0 Å². The van der Waals surface area contributed by atoms with Crippen molar-refractivity contribution in [2.45, 2.75) is 360 Å². The second-order valence-corrected chi connectivity index (χ2v) is 25.9. The molecule has 0 aliphatic rings. The van der Waals surface area contributed by atoms with E-state index in [1.165, 1.54) is 289 Å². The number of rotatable bonds is 63. The van der Waals surface area contributed by atoms with Crippen LogP contribution in [0.15, 0.2) is 24.3 Å². The van der Waals surface area contributed by atoms with Gasteiger partial charge in [0.05, 0.1) is 39.9 Å². The number of aliphatic hydroxyl groups excluding tert-OH is 1. The van der Waals surface area contributed by atoms with Crippen LogP contribution in [0.1, 0.15) is 348 Å². The van der Waals surface area contributed by atoms with E-state index in [0.29, 0.717) is 17.4 Å². The van der Waals surface area contributed by atoms with Crippen LogP contribution in [0.25, 0.3) is 0 Å². The van der Waals surface area contributed by atoms with Crippen molar-refractivity contribution in [1.29, 1.82) is 0 Å². The van der Waals surface area contributed by atoms with Gasteiger partial charge < -0.3 is 28.8 Å². The van der Waals surface area contributed by atoms with E-state index in [9.17, 15) is 19.4 Å². The summed E-state index contributed by atoms with van der Waals surface area (Å²) >= 11 is 0. The van der Waals surface area contributed by atoms with E-state index in [4.69, 9.17) is 9.05 Å². The molecule has 0 aliphatic heterocycles. The summed E-state index contributed by atoms with van der Waals surface area (Å²) < 4.78 is 23.4. The van der Waals surface area contributed by atoms with Gasteiger partial charge in [0.2, 0.25) is 5.91 Å². The molecule has 3 unspecified atom stereocenters. The fourth-order valence-electron chi connectivity index (χ4n) is 10.4. The first kappa shape index (κ1) is 75.0. The van der Waals surface area contributed by atoms with E-state index in [1.807, 2.05) is 27.2 Å². The van der Waals surface area contributed by atoms with Gasteiger partial charge >= 0.3 is 0 Å². The SMILES string of the molecule is CCCCCCCCCCCCCCCC/C=C\CCCCCCCCCCCCCCCCCCCC(=O)NC(COP(=O)([O-])OCC[N+](C)(C)C)C(O)/C=C/CCCCCCCCCCCCCCCCCCC. The van der Waals surface area contributed by atoms with Crippen LogP contribution in [0.4, 0.5) is 0 Å². The monoisotopic (exact) mass is 1090 g/mol. The van der Waals surface area contributed by atoms with Crippen molar-refractivity contribution in [3.63, 3.8) is 0 Å². The maximum Gasteiger partial charge on any atom is 0.268 e. The van der Waals surface area contributed by atoms with Crippen molar-refractivity contribution in [2.75, 3.05) is 40.9 Å². The van der Waals surface area contributed by atoms with Crippen LogP contribution < -0.4 is 10.2 Å². The van der Waals surface area contributed by atoms with E-state index in [-0.39, 0.29) is 19.1 Å². The van der Waals surface area contributed by atoms with Crippen LogP contribution in [0, 0.1) is 0 Å². The van der Waals surface area contributed by atoms with Gasteiger partial charge in [-0.3, -0.25) is 9.36 Å². The van der Waals surface area contributed by atoms with Crippen molar-refractivity contribution in [2.24, 2.45) is 0 Å². The third kappa shape index (κ3) is 60.6. The van der Waals surface area contributed by atoms with E-state index in [1.54, 1.807) is 6.08 Å². The zero-order valence-corrected chi connectivity index (χ0v) is 52.6. The first-order valence-electron chi connectivity index (χ1n) is 33.7. The third-order valence-corrected chi connectivity index (χ3v) is 16.6. The fourth-order valence-corrected chi connectivity index (χ4v) is 11.1. The van der Waals surface area contributed by atoms with Crippen molar-refractivity contribution < 1.29 is 32.9 Å². The summed E-state index contributed by atoms with van der Waals surface area (Å²) in [5.41, 5.74) is 0. The smallest absolute Gasteiger partial charge is 0.268 e.